The molecule has 2 aromatic rings. The van der Waals surface area contributed by atoms with Crippen LogP contribution in [-0.4, -0.2) is 288 Å². The standard InChI is InChI=1S/C69H110N26O21S4/c1-32(53(101)84-39(9-5-19-79-68(74)75)56(104)86-38(8-3-4-18-70)57(105)88-42(22-34-12-14-36(96)15-13-34)60(108)89-43(25-51(73)98)61(109)94-48(30-120)67(115)116)82-62(110)45(27-117)91-54(102)33(2)83-65(113)49-11-7-21-95(49)66(114)44(23-35-26-78-31-81-35)90-63(111)46(28-118)93-64(112)47(29-119)92-58(106)40(10-6-20-80-69(76)77)87-59(107)41(16-17-52(99)100)85-55(103)37(71)24-50(72)97/h12-15,26,31-33,37-49,96,117-120H,3-11,16-25,27-30,70-71H2,1-2H3,(H2,72,97)(H2,73,98)(H,78,81)(H,82,110)(H,83,113)(H,84,101)(H,85,103)(H,86,104)(H,87,107)(H,88,105)(H,89,108)(H,90,111)(H,91,102)(H,92,106)(H,93,112)(H,94,109)(H,99,100)(H,115,116)(H4,74,75,79)(H4,76,77,80)/t32-,33-,37-,38-,39-,40-,41-,42-,43-,44-,45-,46-,47-,48-,49-/m0/s1. The molecule has 1 aromatic carbocycles. The molecule has 0 radical (unpaired) electrons. The molecule has 666 valence electrons. The Morgan fingerprint density at radius 2 is 0.892 bits per heavy atom. The molecule has 2 heterocycles. The fraction of sp³-hybridized carbons (Fsp3) is 0.580. The number of amides is 16. The maximum atomic E-state index is 14.7. The van der Waals surface area contributed by atoms with Crippen LogP contribution in [0.15, 0.2) is 36.8 Å². The molecule has 1 aliphatic rings. The average Bonchev–Trinajstić information content (AvgIpc) is 1.66. The van der Waals surface area contributed by atoms with Gasteiger partial charge in [-0.05, 0) is 102 Å². The molecule has 0 unspecified atom stereocenters. The fourth-order valence-corrected chi connectivity index (χ4v) is 12.6. The molecule has 51 heteroatoms. The van der Waals surface area contributed by atoms with Crippen LogP contribution in [0.1, 0.15) is 109 Å². The highest BCUT2D eigenvalue weighted by molar-refractivity contribution is 7.80. The number of aromatic nitrogens is 2. The number of benzene rings is 1. The van der Waals surface area contributed by atoms with Gasteiger partial charge in [0.15, 0.2) is 11.9 Å². The molecular formula is C69H110N26O21S4. The predicted octanol–water partition coefficient (Wildman–Crippen LogP) is -10.4. The van der Waals surface area contributed by atoms with E-state index in [9.17, 15) is 102 Å². The molecule has 0 spiro atoms. The summed E-state index contributed by atoms with van der Waals surface area (Å²) in [5, 5.41) is 80.8. The monoisotopic (exact) mass is 1770 g/mol. The van der Waals surface area contributed by atoms with Gasteiger partial charge in [-0.1, -0.05) is 12.1 Å². The van der Waals surface area contributed by atoms with Crippen molar-refractivity contribution >= 4 is 169 Å². The van der Waals surface area contributed by atoms with Crippen molar-refractivity contribution < 1.29 is 102 Å². The Kier molecular flexibility index (Phi) is 45.5. The summed E-state index contributed by atoms with van der Waals surface area (Å²) in [6.45, 7) is 2.59. The number of nitrogens with two attached hydrogens (primary N) is 6. The van der Waals surface area contributed by atoms with Gasteiger partial charge < -0.3 is 139 Å². The Labute approximate surface area is 710 Å². The maximum absolute atomic E-state index is 14.7. The van der Waals surface area contributed by atoms with Crippen molar-refractivity contribution in [1.29, 1.82) is 10.8 Å². The van der Waals surface area contributed by atoms with Crippen LogP contribution in [0.25, 0.3) is 0 Å². The lowest BCUT2D eigenvalue weighted by Gasteiger charge is -2.30. The van der Waals surface area contributed by atoms with E-state index >= 15 is 0 Å². The van der Waals surface area contributed by atoms with Crippen molar-refractivity contribution in [3.05, 3.63) is 48.0 Å². The number of aromatic amines is 1. The Morgan fingerprint density at radius 3 is 1.35 bits per heavy atom. The molecule has 15 atom stereocenters. The van der Waals surface area contributed by atoms with Crippen molar-refractivity contribution in [2.45, 2.75) is 201 Å². The average molecular weight is 1770 g/mol. The zero-order valence-corrected chi connectivity index (χ0v) is 69.3. The number of carbonyl (C=O) groups is 18. The molecule has 0 bridgehead atoms. The van der Waals surface area contributed by atoms with Crippen molar-refractivity contribution in [3.63, 3.8) is 0 Å². The number of hydrogen-bond donors (Lipinski definition) is 31. The van der Waals surface area contributed by atoms with E-state index in [1.165, 1.54) is 50.6 Å². The first-order valence-corrected chi connectivity index (χ1v) is 40.3. The number of carbonyl (C=O) groups excluding carboxylic acids is 16. The molecule has 33 N–H and O–H groups in total. The largest absolute Gasteiger partial charge is 0.508 e. The molecule has 120 heavy (non-hydrogen) atoms. The van der Waals surface area contributed by atoms with Gasteiger partial charge in [-0.15, -0.1) is 0 Å². The van der Waals surface area contributed by atoms with Gasteiger partial charge in [-0.2, -0.15) is 50.5 Å². The number of H-pyrrole nitrogens is 1. The molecule has 16 amide bonds. The third-order valence-corrected chi connectivity index (χ3v) is 19.5. The summed E-state index contributed by atoms with van der Waals surface area (Å²) in [7, 11) is 0. The van der Waals surface area contributed by atoms with Gasteiger partial charge in [0.05, 0.1) is 25.2 Å². The first kappa shape index (κ1) is 103. The molecule has 1 aromatic heterocycles. The van der Waals surface area contributed by atoms with E-state index in [0.29, 0.717) is 17.7 Å². The van der Waals surface area contributed by atoms with Gasteiger partial charge in [-0.3, -0.25) is 92.3 Å². The molecule has 1 aliphatic heterocycles. The first-order valence-electron chi connectivity index (χ1n) is 37.7. The number of aromatic hydroxyl groups is 1. The van der Waals surface area contributed by atoms with Crippen LogP contribution in [0.2, 0.25) is 0 Å². The van der Waals surface area contributed by atoms with Crippen molar-refractivity contribution in [1.82, 2.24) is 94.6 Å². The van der Waals surface area contributed by atoms with Crippen molar-refractivity contribution in [3.8, 4) is 5.75 Å². The Balaban J connectivity index is 1.81. The Morgan fingerprint density at radius 1 is 0.492 bits per heavy atom. The lowest BCUT2D eigenvalue weighted by Crippen LogP contribution is -2.61. The van der Waals surface area contributed by atoms with Crippen molar-refractivity contribution in [2.24, 2.45) is 34.4 Å². The van der Waals surface area contributed by atoms with Crippen LogP contribution in [0.5, 0.6) is 5.75 Å². The number of nitrogens with zero attached hydrogens (tertiary/aromatic N) is 2. The highest BCUT2D eigenvalue weighted by Crippen LogP contribution is 2.21. The molecule has 1 saturated heterocycles. The number of likely N-dealkylation sites (tertiary alicyclic amines) is 1. The summed E-state index contributed by atoms with van der Waals surface area (Å²) in [6, 6.07) is -17.6. The number of phenols is 1. The van der Waals surface area contributed by atoms with Gasteiger partial charge >= 0.3 is 11.9 Å². The van der Waals surface area contributed by atoms with E-state index in [1.807, 2.05) is 0 Å². The number of rotatable bonds is 55. The van der Waals surface area contributed by atoms with E-state index in [2.05, 4.69) is 140 Å². The molecule has 1 fully saturated rings. The van der Waals surface area contributed by atoms with Crippen LogP contribution in [0.3, 0.4) is 0 Å². The smallest absolute Gasteiger partial charge is 0.327 e. The van der Waals surface area contributed by atoms with Crippen LogP contribution in [0.4, 0.5) is 0 Å². The third-order valence-electron chi connectivity index (χ3n) is 18.1. The van der Waals surface area contributed by atoms with E-state index in [0.717, 1.165) is 4.90 Å². The molecule has 0 saturated carbocycles. The number of thiol groups is 4. The van der Waals surface area contributed by atoms with E-state index in [4.69, 9.17) is 45.2 Å². The summed E-state index contributed by atoms with van der Waals surface area (Å²) < 4.78 is 0. The molecular weight excluding hydrogens is 1660 g/mol. The number of carboxylic acids is 2. The van der Waals surface area contributed by atoms with Gasteiger partial charge in [0.1, 0.15) is 90.3 Å². The predicted molar refractivity (Wildman–Crippen MR) is 442 cm³/mol. The Bertz CT molecular complexity index is 3910. The summed E-state index contributed by atoms with van der Waals surface area (Å²) in [4.78, 5) is 250. The molecule has 47 nitrogen and oxygen atoms in total. The quantitative estimate of drug-likeness (QED) is 0.0127. The summed E-state index contributed by atoms with van der Waals surface area (Å²) in [5.74, 6) is -21.5. The second-order valence-corrected chi connectivity index (χ2v) is 29.1. The lowest BCUT2D eigenvalue weighted by molar-refractivity contribution is -0.142. The SMILES string of the molecule is C[C@H](NC(=O)[C@H](CS)NC(=O)[C@H](C)NC(=O)[C@@H]1CCCN1C(=O)[C@H](Cc1cnc[nH]1)NC(=O)[C@H](CS)NC(=O)[C@H](CS)NC(=O)[C@H](CCCNC(=N)N)NC(=O)[C@H](CCC(=O)O)NC(=O)[C@@H](N)CC(N)=O)C(=O)N[C@@H](CCCNC(=N)N)C(=O)N[C@@H](CCCCN)C(=O)N[C@@H](Cc1ccc(O)cc1)C(=O)N[C@@H](CC(N)=O)C(=O)N[C@@H](CS)C(=O)O. The lowest BCUT2D eigenvalue weighted by atomic mass is 10.0. The summed E-state index contributed by atoms with van der Waals surface area (Å²) in [6.07, 6.45) is -0.224. The van der Waals surface area contributed by atoms with E-state index in [1.54, 1.807) is 0 Å². The third kappa shape index (κ3) is 36.8. The number of aliphatic carboxylic acids is 2. The maximum Gasteiger partial charge on any atom is 0.327 e. The number of primary amides is 2. The highest BCUT2D eigenvalue weighted by atomic mass is 32.1. The summed E-state index contributed by atoms with van der Waals surface area (Å²) in [5.41, 5.74) is 33.6. The fourth-order valence-electron chi connectivity index (χ4n) is 11.6. The van der Waals surface area contributed by atoms with E-state index in [-0.39, 0.29) is 96.1 Å². The number of hydrogen-bond acceptors (Lipinski definition) is 28. The van der Waals surface area contributed by atoms with Crippen LogP contribution < -0.4 is 114 Å². The molecule has 3 rings (SSSR count). The first-order chi connectivity index (χ1) is 56.7. The summed E-state index contributed by atoms with van der Waals surface area (Å²) >= 11 is 16.6. The number of carboxylic acid groups (broad SMARTS) is 2. The number of guanidine groups is 2. The van der Waals surface area contributed by atoms with Crippen molar-refractivity contribution in [2.75, 3.05) is 49.2 Å². The van der Waals surface area contributed by atoms with Crippen LogP contribution >= 0.6 is 50.5 Å². The topological polar surface area (TPSA) is 784 Å². The minimum atomic E-state index is -1.77. The van der Waals surface area contributed by atoms with Crippen LogP contribution in [-0.2, 0) is 99.1 Å². The minimum absolute atomic E-state index is 0.00185. The van der Waals surface area contributed by atoms with Crippen LogP contribution in [0, 0.1) is 10.8 Å². The van der Waals surface area contributed by atoms with Gasteiger partial charge in [-0.25, -0.2) is 9.78 Å². The normalized spacial score (nSPS) is 15.7. The highest BCUT2D eigenvalue weighted by Gasteiger charge is 2.42. The Hall–Kier alpha value is -11.5. The van der Waals surface area contributed by atoms with Gasteiger partial charge in [0, 0.05) is 73.8 Å². The number of imidazole rings is 1. The number of phenolic OH excluding ortho intramolecular Hbond substituents is 1. The second-order valence-electron chi connectivity index (χ2n) is 27.7. The number of unbranched alkanes of at least 4 members (excludes halogenated alkanes) is 1. The molecule has 0 aliphatic carbocycles. The van der Waals surface area contributed by atoms with Gasteiger partial charge in [0.25, 0.3) is 0 Å². The zero-order chi connectivity index (χ0) is 90.0. The van der Waals surface area contributed by atoms with Gasteiger partial charge in [0.2, 0.25) is 94.5 Å². The van der Waals surface area contributed by atoms with E-state index < -0.39 is 258 Å². The second kappa shape index (κ2) is 53.2. The zero-order valence-electron chi connectivity index (χ0n) is 65.7. The number of nitrogens with one attached hydrogen (secondary N) is 18. The minimum Gasteiger partial charge on any atom is -0.508 e.